The molecule has 0 aromatic carbocycles. The van der Waals surface area contributed by atoms with E-state index in [-0.39, 0.29) is 25.4 Å². The summed E-state index contributed by atoms with van der Waals surface area (Å²) in [6.07, 6.45) is 1.11. The van der Waals surface area contributed by atoms with E-state index in [2.05, 4.69) is 0 Å². The predicted molar refractivity (Wildman–Crippen MR) is 77.9 cm³/mol. The molecule has 0 spiro atoms. The molecule has 0 amide bonds. The molecular formula is C15H28O6. The lowest BCUT2D eigenvalue weighted by atomic mass is 9.94. The Morgan fingerprint density at radius 2 is 1.19 bits per heavy atom. The number of rotatable bonds is 10. The largest absolute Gasteiger partial charge is 0.462 e. The Labute approximate surface area is 127 Å². The van der Waals surface area contributed by atoms with E-state index in [0.717, 1.165) is 12.8 Å². The van der Waals surface area contributed by atoms with Gasteiger partial charge in [-0.1, -0.05) is 13.8 Å². The molecule has 0 N–H and O–H groups in total. The minimum atomic E-state index is -1.35. The van der Waals surface area contributed by atoms with Gasteiger partial charge in [0.25, 0.3) is 0 Å². The van der Waals surface area contributed by atoms with Gasteiger partial charge in [-0.2, -0.15) is 0 Å². The SMILES string of the molecule is CCC(COC(=O)C(C)(C)C(=O)OCC(CC)OC)OC. The lowest BCUT2D eigenvalue weighted by Gasteiger charge is -2.23. The summed E-state index contributed by atoms with van der Waals surface area (Å²) in [4.78, 5) is 24.0. The van der Waals surface area contributed by atoms with E-state index in [1.54, 1.807) is 14.2 Å². The number of carbonyl (C=O) groups excluding carboxylic acids is 2. The minimum Gasteiger partial charge on any atom is -0.462 e. The van der Waals surface area contributed by atoms with E-state index in [9.17, 15) is 9.59 Å². The number of esters is 2. The molecule has 124 valence electrons. The van der Waals surface area contributed by atoms with Gasteiger partial charge < -0.3 is 18.9 Å². The van der Waals surface area contributed by atoms with Gasteiger partial charge in [0.15, 0.2) is 5.41 Å². The van der Waals surface area contributed by atoms with Crippen LogP contribution in [0.4, 0.5) is 0 Å². The summed E-state index contributed by atoms with van der Waals surface area (Å²) in [7, 11) is 3.11. The maximum Gasteiger partial charge on any atom is 0.322 e. The van der Waals surface area contributed by atoms with Gasteiger partial charge in [0.2, 0.25) is 0 Å². The maximum atomic E-state index is 12.0. The summed E-state index contributed by atoms with van der Waals surface area (Å²) in [5.41, 5.74) is -1.35. The summed E-state index contributed by atoms with van der Waals surface area (Å²) in [6.45, 7) is 7.07. The molecule has 6 heteroatoms. The molecule has 0 bridgehead atoms. The molecular weight excluding hydrogens is 276 g/mol. The molecule has 0 radical (unpaired) electrons. The van der Waals surface area contributed by atoms with Crippen LogP contribution in [-0.4, -0.2) is 51.6 Å². The van der Waals surface area contributed by atoms with Crippen molar-refractivity contribution in [1.29, 1.82) is 0 Å². The highest BCUT2D eigenvalue weighted by Crippen LogP contribution is 2.20. The molecule has 0 aromatic rings. The Balaban J connectivity index is 4.43. The van der Waals surface area contributed by atoms with E-state index in [4.69, 9.17) is 18.9 Å². The molecule has 0 aliphatic rings. The van der Waals surface area contributed by atoms with E-state index >= 15 is 0 Å². The average Bonchev–Trinajstić information content (AvgIpc) is 2.48. The quantitative estimate of drug-likeness (QED) is 0.454. The normalized spacial score (nSPS) is 14.4. The van der Waals surface area contributed by atoms with Gasteiger partial charge in [-0.25, -0.2) is 0 Å². The van der Waals surface area contributed by atoms with Gasteiger partial charge in [0.1, 0.15) is 13.2 Å². The number of hydrogen-bond donors (Lipinski definition) is 0. The van der Waals surface area contributed by atoms with Crippen molar-refractivity contribution in [3.05, 3.63) is 0 Å². The molecule has 0 aliphatic heterocycles. The highest BCUT2D eigenvalue weighted by Gasteiger charge is 2.40. The van der Waals surface area contributed by atoms with Crippen molar-refractivity contribution in [3.8, 4) is 0 Å². The molecule has 0 heterocycles. The van der Waals surface area contributed by atoms with Crippen molar-refractivity contribution in [3.63, 3.8) is 0 Å². The molecule has 0 aromatic heterocycles. The van der Waals surface area contributed by atoms with Crippen LogP contribution in [-0.2, 0) is 28.5 Å². The first kappa shape index (κ1) is 19.9. The Morgan fingerprint density at radius 3 is 1.43 bits per heavy atom. The van der Waals surface area contributed by atoms with Gasteiger partial charge in [-0.3, -0.25) is 9.59 Å². The smallest absolute Gasteiger partial charge is 0.322 e. The summed E-state index contributed by atoms with van der Waals surface area (Å²) in [5.74, 6) is -1.23. The topological polar surface area (TPSA) is 71.1 Å². The van der Waals surface area contributed by atoms with Crippen LogP contribution in [0.15, 0.2) is 0 Å². The molecule has 2 unspecified atom stereocenters. The van der Waals surface area contributed by atoms with E-state index in [1.165, 1.54) is 13.8 Å². The maximum absolute atomic E-state index is 12.0. The molecule has 21 heavy (non-hydrogen) atoms. The third-order valence-corrected chi connectivity index (χ3v) is 3.40. The van der Waals surface area contributed by atoms with Crippen molar-refractivity contribution in [2.24, 2.45) is 5.41 Å². The molecule has 0 saturated heterocycles. The number of hydrogen-bond acceptors (Lipinski definition) is 6. The summed E-state index contributed by atoms with van der Waals surface area (Å²) in [5, 5.41) is 0. The second-order valence-electron chi connectivity index (χ2n) is 5.35. The second-order valence-corrected chi connectivity index (χ2v) is 5.35. The highest BCUT2D eigenvalue weighted by atomic mass is 16.6. The van der Waals surface area contributed by atoms with Crippen LogP contribution in [0.25, 0.3) is 0 Å². The van der Waals surface area contributed by atoms with E-state index < -0.39 is 17.4 Å². The van der Waals surface area contributed by atoms with Crippen LogP contribution in [0.5, 0.6) is 0 Å². The van der Waals surface area contributed by atoms with Crippen LogP contribution < -0.4 is 0 Å². The summed E-state index contributed by atoms with van der Waals surface area (Å²) >= 11 is 0. The lowest BCUT2D eigenvalue weighted by molar-refractivity contribution is -0.173. The Kier molecular flexibility index (Phi) is 9.21. The average molecular weight is 304 g/mol. The standard InChI is InChI=1S/C15H28O6/c1-7-11(18-5)9-20-13(16)15(3,4)14(17)21-10-12(8-2)19-6/h11-12H,7-10H2,1-6H3. The fourth-order valence-corrected chi connectivity index (χ4v) is 1.49. The predicted octanol–water partition coefficient (Wildman–Crippen LogP) is 1.95. The Morgan fingerprint density at radius 1 is 0.857 bits per heavy atom. The monoisotopic (exact) mass is 304 g/mol. The Hall–Kier alpha value is -1.14. The number of carbonyl (C=O) groups is 2. The van der Waals surface area contributed by atoms with Crippen LogP contribution in [0.2, 0.25) is 0 Å². The first-order valence-electron chi connectivity index (χ1n) is 7.23. The molecule has 6 nitrogen and oxygen atoms in total. The molecule has 0 aliphatic carbocycles. The first-order valence-corrected chi connectivity index (χ1v) is 7.23. The van der Waals surface area contributed by atoms with Gasteiger partial charge in [-0.15, -0.1) is 0 Å². The van der Waals surface area contributed by atoms with Crippen molar-refractivity contribution in [2.75, 3.05) is 27.4 Å². The third kappa shape index (κ3) is 6.44. The van der Waals surface area contributed by atoms with Crippen molar-refractivity contribution in [1.82, 2.24) is 0 Å². The van der Waals surface area contributed by atoms with Crippen LogP contribution >= 0.6 is 0 Å². The molecule has 2 atom stereocenters. The van der Waals surface area contributed by atoms with E-state index in [1.807, 2.05) is 13.8 Å². The Bertz CT molecular complexity index is 288. The molecule has 0 rings (SSSR count). The van der Waals surface area contributed by atoms with Crippen LogP contribution in [0.1, 0.15) is 40.5 Å². The summed E-state index contributed by atoms with van der Waals surface area (Å²) in [6, 6.07) is 0. The number of ether oxygens (including phenoxy) is 4. The van der Waals surface area contributed by atoms with Gasteiger partial charge >= 0.3 is 11.9 Å². The third-order valence-electron chi connectivity index (χ3n) is 3.40. The number of methoxy groups -OCH3 is 2. The van der Waals surface area contributed by atoms with Crippen LogP contribution in [0.3, 0.4) is 0 Å². The second kappa shape index (κ2) is 9.73. The minimum absolute atomic E-state index is 0.123. The van der Waals surface area contributed by atoms with Crippen LogP contribution in [0, 0.1) is 5.41 Å². The van der Waals surface area contributed by atoms with Gasteiger partial charge in [0.05, 0.1) is 12.2 Å². The summed E-state index contributed by atoms with van der Waals surface area (Å²) < 4.78 is 20.5. The van der Waals surface area contributed by atoms with Gasteiger partial charge in [-0.05, 0) is 26.7 Å². The fourth-order valence-electron chi connectivity index (χ4n) is 1.49. The van der Waals surface area contributed by atoms with Crippen molar-refractivity contribution >= 4 is 11.9 Å². The van der Waals surface area contributed by atoms with Crippen molar-refractivity contribution < 1.29 is 28.5 Å². The van der Waals surface area contributed by atoms with Crippen molar-refractivity contribution in [2.45, 2.75) is 52.7 Å². The molecule has 0 fully saturated rings. The first-order chi connectivity index (χ1) is 9.83. The zero-order valence-electron chi connectivity index (χ0n) is 13.9. The highest BCUT2D eigenvalue weighted by molar-refractivity contribution is 5.99. The fraction of sp³-hybridized carbons (Fsp3) is 0.867. The van der Waals surface area contributed by atoms with Gasteiger partial charge in [0, 0.05) is 14.2 Å². The van der Waals surface area contributed by atoms with E-state index in [0.29, 0.717) is 0 Å². The lowest BCUT2D eigenvalue weighted by Crippen LogP contribution is -2.39. The molecule has 0 saturated carbocycles. The zero-order chi connectivity index (χ0) is 16.5. The zero-order valence-corrected chi connectivity index (χ0v) is 13.9.